The van der Waals surface area contributed by atoms with E-state index in [4.69, 9.17) is 9.31 Å². The molecule has 3 rings (SSSR count). The van der Waals surface area contributed by atoms with E-state index in [0.717, 1.165) is 30.7 Å². The number of hydrogen-bond acceptors (Lipinski definition) is 5. The molecule has 0 unspecified atom stereocenters. The first-order chi connectivity index (χ1) is 12.1. The summed E-state index contributed by atoms with van der Waals surface area (Å²) >= 11 is 0. The Morgan fingerprint density at radius 1 is 1.12 bits per heavy atom. The van der Waals surface area contributed by atoms with Gasteiger partial charge in [-0.25, -0.2) is 0 Å². The Kier molecular flexibility index (Phi) is 5.41. The topological polar surface area (TPSA) is 45.2 Å². The molecule has 0 atom stereocenters. The summed E-state index contributed by atoms with van der Waals surface area (Å²) < 4.78 is 12.3. The highest BCUT2D eigenvalue weighted by Crippen LogP contribution is 2.36. The Bertz CT molecular complexity index is 626. The van der Waals surface area contributed by atoms with Crippen LogP contribution in [0.3, 0.4) is 0 Å². The van der Waals surface area contributed by atoms with Crippen LogP contribution in [0.5, 0.6) is 5.75 Å². The third-order valence-electron chi connectivity index (χ3n) is 6.27. The summed E-state index contributed by atoms with van der Waals surface area (Å²) in [6, 6.07) is 6.29. The van der Waals surface area contributed by atoms with Crippen LogP contribution in [0.2, 0.25) is 0 Å². The van der Waals surface area contributed by atoms with Crippen LogP contribution in [0.15, 0.2) is 18.2 Å². The molecule has 1 N–H and O–H groups in total. The molecule has 6 heteroatoms. The minimum absolute atomic E-state index is 0.268. The van der Waals surface area contributed by atoms with Crippen LogP contribution in [0, 0.1) is 0 Å². The fourth-order valence-electron chi connectivity index (χ4n) is 3.76. The van der Waals surface area contributed by atoms with Crippen molar-refractivity contribution >= 4 is 12.6 Å². The van der Waals surface area contributed by atoms with E-state index in [1.165, 1.54) is 12.8 Å². The highest BCUT2D eigenvalue weighted by molar-refractivity contribution is 6.62. The molecule has 0 amide bonds. The molecule has 0 saturated carbocycles. The van der Waals surface area contributed by atoms with Crippen LogP contribution in [0.1, 0.15) is 46.1 Å². The summed E-state index contributed by atoms with van der Waals surface area (Å²) in [5.41, 5.74) is 1.22. The minimum Gasteiger partial charge on any atom is -0.508 e. The molecule has 0 spiro atoms. The first kappa shape index (κ1) is 19.7. The number of benzene rings is 1. The van der Waals surface area contributed by atoms with Gasteiger partial charge in [-0.05, 0) is 90.9 Å². The van der Waals surface area contributed by atoms with E-state index in [9.17, 15) is 5.11 Å². The number of phenolic OH excluding ortho intramolecular Hbond substituents is 1. The van der Waals surface area contributed by atoms with Crippen molar-refractivity contribution < 1.29 is 14.4 Å². The molecule has 1 aromatic rings. The van der Waals surface area contributed by atoms with Crippen molar-refractivity contribution in [1.82, 2.24) is 9.80 Å². The van der Waals surface area contributed by atoms with Crippen LogP contribution in [-0.2, 0) is 15.9 Å². The molecule has 5 nitrogen and oxygen atoms in total. The molecule has 0 bridgehead atoms. The minimum atomic E-state index is -0.445. The third kappa shape index (κ3) is 4.09. The molecule has 0 radical (unpaired) electrons. The molecule has 144 valence electrons. The predicted molar refractivity (Wildman–Crippen MR) is 106 cm³/mol. The first-order valence-corrected chi connectivity index (χ1v) is 9.65. The highest BCUT2D eigenvalue weighted by Gasteiger charge is 2.51. The zero-order chi connectivity index (χ0) is 19.1. The smallest absolute Gasteiger partial charge is 0.494 e. The molecule has 2 aliphatic rings. The van der Waals surface area contributed by atoms with Crippen molar-refractivity contribution in [3.63, 3.8) is 0 Å². The Hall–Kier alpha value is -1.08. The fraction of sp³-hybridized carbons (Fsp3) is 0.700. The normalized spacial score (nSPS) is 23.7. The van der Waals surface area contributed by atoms with Gasteiger partial charge in [-0.3, -0.25) is 4.90 Å². The average molecular weight is 360 g/mol. The molecule has 0 aromatic heterocycles. The van der Waals surface area contributed by atoms with Gasteiger partial charge in [0.1, 0.15) is 5.75 Å². The molecule has 2 fully saturated rings. The van der Waals surface area contributed by atoms with Crippen LogP contribution in [0.4, 0.5) is 0 Å². The monoisotopic (exact) mass is 360 g/mol. The van der Waals surface area contributed by atoms with Gasteiger partial charge in [-0.15, -0.1) is 0 Å². The van der Waals surface area contributed by atoms with Crippen molar-refractivity contribution in [3.8, 4) is 5.75 Å². The van der Waals surface area contributed by atoms with E-state index in [0.29, 0.717) is 6.04 Å². The number of phenols is 1. The van der Waals surface area contributed by atoms with Crippen LogP contribution >= 0.6 is 0 Å². The van der Waals surface area contributed by atoms with Crippen molar-refractivity contribution in [1.29, 1.82) is 0 Å². The van der Waals surface area contributed by atoms with Crippen molar-refractivity contribution in [2.45, 2.75) is 64.3 Å². The number of piperidine rings is 1. The Morgan fingerprint density at radius 3 is 2.27 bits per heavy atom. The molecule has 2 heterocycles. The molecule has 2 saturated heterocycles. The second-order valence-corrected chi connectivity index (χ2v) is 8.97. The summed E-state index contributed by atoms with van der Waals surface area (Å²) in [7, 11) is 3.91. The maximum Gasteiger partial charge on any atom is 0.494 e. The Labute approximate surface area is 158 Å². The van der Waals surface area contributed by atoms with Gasteiger partial charge in [0.05, 0.1) is 11.2 Å². The van der Waals surface area contributed by atoms with E-state index in [1.54, 1.807) is 6.07 Å². The Morgan fingerprint density at radius 2 is 1.69 bits per heavy atom. The SMILES string of the molecule is CN1CCC(N(C)Cc2cc(O)cc(B3OC(C)(C)C(C)(C)O3)c2)CC1. The Balaban J connectivity index is 1.72. The maximum absolute atomic E-state index is 10.2. The lowest BCUT2D eigenvalue weighted by atomic mass is 9.78. The summed E-state index contributed by atoms with van der Waals surface area (Å²) in [5.74, 6) is 0.268. The lowest BCUT2D eigenvalue weighted by Crippen LogP contribution is -2.41. The van der Waals surface area contributed by atoms with Crippen molar-refractivity contribution in [3.05, 3.63) is 23.8 Å². The van der Waals surface area contributed by atoms with Crippen molar-refractivity contribution in [2.75, 3.05) is 27.2 Å². The number of aromatic hydroxyl groups is 1. The molecule has 0 aliphatic carbocycles. The standard InChI is InChI=1S/C20H33BN2O3/c1-19(2)20(3,4)26-21(25-19)16-11-15(12-18(24)13-16)14-23(6)17-7-9-22(5)10-8-17/h11-13,17,24H,7-10,14H2,1-6H3. The molecular formula is C20H33BN2O3. The van der Waals surface area contributed by atoms with Crippen molar-refractivity contribution in [2.24, 2.45) is 0 Å². The van der Waals surface area contributed by atoms with Gasteiger partial charge < -0.3 is 19.3 Å². The van der Waals surface area contributed by atoms with Crippen LogP contribution in [-0.4, -0.2) is 66.5 Å². The van der Waals surface area contributed by atoms with Gasteiger partial charge in [0, 0.05) is 12.6 Å². The van der Waals surface area contributed by atoms with E-state index in [2.05, 4.69) is 30.0 Å². The summed E-state index contributed by atoms with van der Waals surface area (Å²) in [6.45, 7) is 11.3. The van der Waals surface area contributed by atoms with E-state index in [1.807, 2.05) is 33.8 Å². The summed E-state index contributed by atoms with van der Waals surface area (Å²) in [4.78, 5) is 4.78. The second kappa shape index (κ2) is 7.15. The summed E-state index contributed by atoms with van der Waals surface area (Å²) in [6.07, 6.45) is 2.38. The second-order valence-electron chi connectivity index (χ2n) is 8.97. The van der Waals surface area contributed by atoms with E-state index >= 15 is 0 Å². The third-order valence-corrected chi connectivity index (χ3v) is 6.27. The fourth-order valence-corrected chi connectivity index (χ4v) is 3.76. The first-order valence-electron chi connectivity index (χ1n) is 9.65. The number of rotatable bonds is 4. The zero-order valence-corrected chi connectivity index (χ0v) is 17.1. The van der Waals surface area contributed by atoms with E-state index in [-0.39, 0.29) is 17.0 Å². The van der Waals surface area contributed by atoms with Gasteiger partial charge in [0.15, 0.2) is 0 Å². The van der Waals surface area contributed by atoms with Gasteiger partial charge in [-0.2, -0.15) is 0 Å². The van der Waals surface area contributed by atoms with Crippen LogP contribution in [0.25, 0.3) is 0 Å². The van der Waals surface area contributed by atoms with E-state index < -0.39 is 7.12 Å². The highest BCUT2D eigenvalue weighted by atomic mass is 16.7. The molecule has 1 aromatic carbocycles. The number of nitrogens with zero attached hydrogens (tertiary/aromatic N) is 2. The van der Waals surface area contributed by atoms with Gasteiger partial charge in [0.2, 0.25) is 0 Å². The lowest BCUT2D eigenvalue weighted by molar-refractivity contribution is 0.00578. The molecule has 26 heavy (non-hydrogen) atoms. The number of hydrogen-bond donors (Lipinski definition) is 1. The largest absolute Gasteiger partial charge is 0.508 e. The van der Waals surface area contributed by atoms with Gasteiger partial charge in [0.25, 0.3) is 0 Å². The van der Waals surface area contributed by atoms with Crippen LogP contribution < -0.4 is 5.46 Å². The maximum atomic E-state index is 10.2. The predicted octanol–water partition coefficient (Wildman–Crippen LogP) is 2.22. The average Bonchev–Trinajstić information content (AvgIpc) is 2.75. The van der Waals surface area contributed by atoms with Gasteiger partial charge in [-0.1, -0.05) is 6.07 Å². The summed E-state index contributed by atoms with van der Waals surface area (Å²) in [5, 5.41) is 10.2. The molecular weight excluding hydrogens is 327 g/mol. The van der Waals surface area contributed by atoms with Gasteiger partial charge >= 0.3 is 7.12 Å². The lowest BCUT2D eigenvalue weighted by Gasteiger charge is -2.35. The number of likely N-dealkylation sites (tertiary alicyclic amines) is 1. The molecule has 2 aliphatic heterocycles. The quantitative estimate of drug-likeness (QED) is 0.835. The zero-order valence-electron chi connectivity index (χ0n) is 17.1.